The van der Waals surface area contributed by atoms with E-state index in [4.69, 9.17) is 11.6 Å². The SMILES string of the molecule is CC(CCCl)CNC(=O)C1CCCCS1. The van der Waals surface area contributed by atoms with Gasteiger partial charge in [-0.05, 0) is 30.9 Å². The number of nitrogens with one attached hydrogen (secondary N) is 1. The van der Waals surface area contributed by atoms with Crippen LogP contribution < -0.4 is 5.32 Å². The van der Waals surface area contributed by atoms with Crippen LogP contribution in [0.1, 0.15) is 32.6 Å². The molecule has 2 atom stereocenters. The van der Waals surface area contributed by atoms with Crippen LogP contribution in [0, 0.1) is 5.92 Å². The van der Waals surface area contributed by atoms with Gasteiger partial charge in [-0.2, -0.15) is 0 Å². The van der Waals surface area contributed by atoms with Gasteiger partial charge in [-0.25, -0.2) is 0 Å². The van der Waals surface area contributed by atoms with Crippen LogP contribution in [-0.4, -0.2) is 29.3 Å². The average Bonchev–Trinajstić information content (AvgIpc) is 2.27. The lowest BCUT2D eigenvalue weighted by atomic mass is 10.1. The Morgan fingerprint density at radius 1 is 1.60 bits per heavy atom. The van der Waals surface area contributed by atoms with E-state index in [1.54, 1.807) is 11.8 Å². The Labute approximate surface area is 102 Å². The summed E-state index contributed by atoms with van der Waals surface area (Å²) in [7, 11) is 0. The molecule has 0 aromatic rings. The summed E-state index contributed by atoms with van der Waals surface area (Å²) in [5, 5.41) is 3.21. The van der Waals surface area contributed by atoms with Gasteiger partial charge in [0.05, 0.1) is 5.25 Å². The molecule has 0 spiro atoms. The van der Waals surface area contributed by atoms with Crippen molar-refractivity contribution in [3.8, 4) is 0 Å². The molecule has 88 valence electrons. The summed E-state index contributed by atoms with van der Waals surface area (Å²) in [5.41, 5.74) is 0. The maximum atomic E-state index is 11.7. The number of carbonyl (C=O) groups is 1. The third-order valence-electron chi connectivity index (χ3n) is 2.70. The van der Waals surface area contributed by atoms with Gasteiger partial charge in [0.2, 0.25) is 5.91 Å². The van der Waals surface area contributed by atoms with Crippen molar-refractivity contribution in [3.05, 3.63) is 0 Å². The fourth-order valence-corrected chi connectivity index (χ4v) is 3.22. The van der Waals surface area contributed by atoms with E-state index in [2.05, 4.69) is 12.2 Å². The number of thioether (sulfide) groups is 1. The largest absolute Gasteiger partial charge is 0.355 e. The Balaban J connectivity index is 2.16. The third-order valence-corrected chi connectivity index (χ3v) is 4.29. The Hall–Kier alpha value is 0.110. The van der Waals surface area contributed by atoms with Crippen molar-refractivity contribution >= 4 is 29.3 Å². The number of hydrogen-bond donors (Lipinski definition) is 1. The minimum Gasteiger partial charge on any atom is -0.355 e. The number of rotatable bonds is 5. The molecule has 2 unspecified atom stereocenters. The quantitative estimate of drug-likeness (QED) is 0.759. The second kappa shape index (κ2) is 7.39. The molecular weight excluding hydrogens is 230 g/mol. The lowest BCUT2D eigenvalue weighted by Gasteiger charge is -2.21. The Kier molecular flexibility index (Phi) is 6.50. The minimum absolute atomic E-state index is 0.196. The lowest BCUT2D eigenvalue weighted by molar-refractivity contribution is -0.120. The van der Waals surface area contributed by atoms with Gasteiger partial charge < -0.3 is 5.32 Å². The van der Waals surface area contributed by atoms with Gasteiger partial charge in [-0.1, -0.05) is 13.3 Å². The standard InChI is InChI=1S/C11H20ClNOS/c1-9(5-6-12)8-13-11(14)10-4-2-3-7-15-10/h9-10H,2-8H2,1H3,(H,13,14). The summed E-state index contributed by atoms with van der Waals surface area (Å²) in [4.78, 5) is 11.7. The minimum atomic E-state index is 0.196. The first-order valence-corrected chi connectivity index (χ1v) is 7.27. The second-order valence-electron chi connectivity index (χ2n) is 4.18. The molecule has 0 aromatic heterocycles. The second-order valence-corrected chi connectivity index (χ2v) is 5.87. The van der Waals surface area contributed by atoms with E-state index in [1.165, 1.54) is 12.8 Å². The van der Waals surface area contributed by atoms with Crippen LogP contribution in [0.2, 0.25) is 0 Å². The monoisotopic (exact) mass is 249 g/mol. The van der Waals surface area contributed by atoms with Crippen LogP contribution in [0.15, 0.2) is 0 Å². The first kappa shape index (κ1) is 13.2. The molecule has 1 fully saturated rings. The molecule has 0 bridgehead atoms. The fraction of sp³-hybridized carbons (Fsp3) is 0.909. The highest BCUT2D eigenvalue weighted by molar-refractivity contribution is 8.00. The van der Waals surface area contributed by atoms with Crippen LogP contribution in [0.4, 0.5) is 0 Å². The first-order valence-electron chi connectivity index (χ1n) is 5.69. The summed E-state index contributed by atoms with van der Waals surface area (Å²) in [6, 6.07) is 0. The molecule has 1 aliphatic rings. The van der Waals surface area contributed by atoms with Gasteiger partial charge in [0.15, 0.2) is 0 Å². The zero-order valence-corrected chi connectivity index (χ0v) is 10.9. The van der Waals surface area contributed by atoms with Crippen molar-refractivity contribution in [2.24, 2.45) is 5.92 Å². The predicted molar refractivity (Wildman–Crippen MR) is 67.6 cm³/mol. The number of hydrogen-bond acceptors (Lipinski definition) is 2. The molecule has 4 heteroatoms. The summed E-state index contributed by atoms with van der Waals surface area (Å²) < 4.78 is 0. The molecule has 1 N–H and O–H groups in total. The highest BCUT2D eigenvalue weighted by Crippen LogP contribution is 2.24. The maximum Gasteiger partial charge on any atom is 0.233 e. The van der Waals surface area contributed by atoms with Crippen molar-refractivity contribution in [1.29, 1.82) is 0 Å². The summed E-state index contributed by atoms with van der Waals surface area (Å²) in [6.07, 6.45) is 4.47. The zero-order chi connectivity index (χ0) is 11.1. The predicted octanol–water partition coefficient (Wildman–Crippen LogP) is 2.65. The van der Waals surface area contributed by atoms with E-state index in [0.717, 1.165) is 25.1 Å². The number of alkyl halides is 1. The van der Waals surface area contributed by atoms with Gasteiger partial charge in [0, 0.05) is 12.4 Å². The van der Waals surface area contributed by atoms with Crippen molar-refractivity contribution in [3.63, 3.8) is 0 Å². The summed E-state index contributed by atoms with van der Waals surface area (Å²) in [5.74, 6) is 2.52. The number of halogens is 1. The molecule has 1 saturated heterocycles. The normalized spacial score (nSPS) is 23.5. The molecule has 0 radical (unpaired) electrons. The van der Waals surface area contributed by atoms with Crippen LogP contribution >= 0.6 is 23.4 Å². The first-order chi connectivity index (χ1) is 7.24. The van der Waals surface area contributed by atoms with Crippen molar-refractivity contribution in [2.45, 2.75) is 37.9 Å². The lowest BCUT2D eigenvalue weighted by Crippen LogP contribution is -2.36. The molecule has 0 aliphatic carbocycles. The van der Waals surface area contributed by atoms with Crippen LogP contribution in [0.5, 0.6) is 0 Å². The molecule has 0 aromatic carbocycles. The molecule has 1 amide bonds. The molecule has 2 nitrogen and oxygen atoms in total. The van der Waals surface area contributed by atoms with Gasteiger partial charge in [-0.15, -0.1) is 23.4 Å². The Morgan fingerprint density at radius 3 is 3.00 bits per heavy atom. The molecule has 15 heavy (non-hydrogen) atoms. The summed E-state index contributed by atoms with van der Waals surface area (Å²) >= 11 is 7.44. The van der Waals surface area contributed by atoms with Crippen LogP contribution in [0.3, 0.4) is 0 Å². The maximum absolute atomic E-state index is 11.7. The van der Waals surface area contributed by atoms with Gasteiger partial charge >= 0.3 is 0 Å². The van der Waals surface area contributed by atoms with E-state index in [9.17, 15) is 4.79 Å². The van der Waals surface area contributed by atoms with E-state index in [0.29, 0.717) is 11.8 Å². The average molecular weight is 250 g/mol. The smallest absolute Gasteiger partial charge is 0.233 e. The highest BCUT2D eigenvalue weighted by Gasteiger charge is 2.21. The van der Waals surface area contributed by atoms with Gasteiger partial charge in [0.25, 0.3) is 0 Å². The molecule has 1 heterocycles. The molecular formula is C11H20ClNOS. The molecule has 1 rings (SSSR count). The van der Waals surface area contributed by atoms with E-state index < -0.39 is 0 Å². The van der Waals surface area contributed by atoms with Crippen LogP contribution in [0.25, 0.3) is 0 Å². The van der Waals surface area contributed by atoms with E-state index in [-0.39, 0.29) is 11.2 Å². The summed E-state index contributed by atoms with van der Waals surface area (Å²) in [6.45, 7) is 2.89. The highest BCUT2D eigenvalue weighted by atomic mass is 35.5. The van der Waals surface area contributed by atoms with Crippen molar-refractivity contribution in [1.82, 2.24) is 5.32 Å². The fourth-order valence-electron chi connectivity index (χ4n) is 1.62. The van der Waals surface area contributed by atoms with Crippen molar-refractivity contribution < 1.29 is 4.79 Å². The van der Waals surface area contributed by atoms with Gasteiger partial charge in [0.1, 0.15) is 0 Å². The zero-order valence-electron chi connectivity index (χ0n) is 9.30. The van der Waals surface area contributed by atoms with Crippen LogP contribution in [-0.2, 0) is 4.79 Å². The number of amides is 1. The Morgan fingerprint density at radius 2 is 2.40 bits per heavy atom. The molecule has 0 saturated carbocycles. The Bertz CT molecular complexity index is 195. The van der Waals surface area contributed by atoms with E-state index in [1.807, 2.05) is 0 Å². The van der Waals surface area contributed by atoms with Crippen molar-refractivity contribution in [2.75, 3.05) is 18.2 Å². The number of carbonyl (C=O) groups excluding carboxylic acids is 1. The van der Waals surface area contributed by atoms with E-state index >= 15 is 0 Å². The molecule has 1 aliphatic heterocycles. The third kappa shape index (κ3) is 5.12. The topological polar surface area (TPSA) is 29.1 Å². The van der Waals surface area contributed by atoms with Gasteiger partial charge in [-0.3, -0.25) is 4.79 Å².